The molecule has 0 spiro atoms. The van der Waals surface area contributed by atoms with Gasteiger partial charge in [0.25, 0.3) is 5.56 Å². The molecule has 1 aliphatic rings. The molecule has 88 valence electrons. The van der Waals surface area contributed by atoms with Gasteiger partial charge in [-0.05, 0) is 12.0 Å². The number of aromatic amines is 1. The summed E-state index contributed by atoms with van der Waals surface area (Å²) >= 11 is 0. The third-order valence-corrected chi connectivity index (χ3v) is 2.88. The van der Waals surface area contributed by atoms with Gasteiger partial charge in [0, 0.05) is 18.7 Å². The fraction of sp³-hybridized carbons (Fsp3) is 0.300. The molecule has 0 saturated heterocycles. The highest BCUT2D eigenvalue weighted by molar-refractivity contribution is 5.71. The Labute approximate surface area is 95.6 Å². The van der Waals surface area contributed by atoms with Crippen LogP contribution in [-0.4, -0.2) is 31.2 Å². The predicted molar refractivity (Wildman–Crippen MR) is 62.0 cm³/mol. The standard InChI is InChI=1S/C10H11N5O2/c11-10-14-8-7(12-4-13-8)9(17)15(10)2-5-1-6(5)3-16/h2,4,6,16H,1,3H2,(H2,11,14)(H,12,13)/b5-2+. The molecule has 17 heavy (non-hydrogen) atoms. The van der Waals surface area contributed by atoms with E-state index in [1.165, 1.54) is 10.9 Å². The van der Waals surface area contributed by atoms with Crippen molar-refractivity contribution in [3.05, 3.63) is 22.3 Å². The summed E-state index contributed by atoms with van der Waals surface area (Å²) in [6.45, 7) is 0.0974. The van der Waals surface area contributed by atoms with Crippen molar-refractivity contribution in [3.63, 3.8) is 0 Å². The number of imidazole rings is 1. The van der Waals surface area contributed by atoms with E-state index in [2.05, 4.69) is 15.0 Å². The highest BCUT2D eigenvalue weighted by atomic mass is 16.3. The van der Waals surface area contributed by atoms with Crippen LogP contribution in [0.15, 0.2) is 16.7 Å². The molecule has 2 aromatic rings. The summed E-state index contributed by atoms with van der Waals surface area (Å²) in [5.41, 5.74) is 7.07. The first-order chi connectivity index (χ1) is 8.20. The first-order valence-electron chi connectivity index (χ1n) is 5.23. The summed E-state index contributed by atoms with van der Waals surface area (Å²) in [4.78, 5) is 22.7. The molecule has 0 aliphatic heterocycles. The van der Waals surface area contributed by atoms with Crippen LogP contribution in [0.3, 0.4) is 0 Å². The number of nitrogens with zero attached hydrogens (tertiary/aromatic N) is 3. The lowest BCUT2D eigenvalue weighted by Gasteiger charge is -2.02. The highest BCUT2D eigenvalue weighted by Gasteiger charge is 2.29. The van der Waals surface area contributed by atoms with Gasteiger partial charge in [0.2, 0.25) is 5.95 Å². The first-order valence-corrected chi connectivity index (χ1v) is 5.23. The lowest BCUT2D eigenvalue weighted by Crippen LogP contribution is -2.20. The van der Waals surface area contributed by atoms with Crippen LogP contribution in [0, 0.1) is 5.92 Å². The van der Waals surface area contributed by atoms with Crippen molar-refractivity contribution in [1.29, 1.82) is 0 Å². The molecule has 1 atom stereocenters. The van der Waals surface area contributed by atoms with Gasteiger partial charge >= 0.3 is 0 Å². The zero-order chi connectivity index (χ0) is 12.0. The van der Waals surface area contributed by atoms with Gasteiger partial charge in [-0.15, -0.1) is 0 Å². The number of nitrogen functional groups attached to an aromatic ring is 1. The third kappa shape index (κ3) is 1.51. The van der Waals surface area contributed by atoms with Crippen LogP contribution in [0.2, 0.25) is 0 Å². The van der Waals surface area contributed by atoms with Crippen molar-refractivity contribution in [3.8, 4) is 0 Å². The highest BCUT2D eigenvalue weighted by Crippen LogP contribution is 2.37. The Bertz CT molecular complexity index is 669. The molecule has 2 heterocycles. The monoisotopic (exact) mass is 233 g/mol. The van der Waals surface area contributed by atoms with E-state index in [0.29, 0.717) is 11.2 Å². The number of aliphatic hydroxyl groups is 1. The van der Waals surface area contributed by atoms with E-state index in [-0.39, 0.29) is 24.0 Å². The number of hydrogen-bond donors (Lipinski definition) is 3. The molecular formula is C10H11N5O2. The fourth-order valence-electron chi connectivity index (χ4n) is 1.77. The Hall–Kier alpha value is -2.15. The largest absolute Gasteiger partial charge is 0.396 e. The Kier molecular flexibility index (Phi) is 2.02. The number of nitrogens with two attached hydrogens (primary N) is 1. The van der Waals surface area contributed by atoms with Crippen LogP contribution in [-0.2, 0) is 0 Å². The first kappa shape index (κ1) is 10.0. The van der Waals surface area contributed by atoms with Crippen molar-refractivity contribution in [2.45, 2.75) is 6.42 Å². The smallest absolute Gasteiger partial charge is 0.285 e. The zero-order valence-electron chi connectivity index (χ0n) is 8.92. The minimum absolute atomic E-state index is 0.0974. The van der Waals surface area contributed by atoms with Gasteiger partial charge in [-0.25, -0.2) is 4.98 Å². The van der Waals surface area contributed by atoms with Gasteiger partial charge < -0.3 is 15.8 Å². The zero-order valence-corrected chi connectivity index (χ0v) is 8.92. The second-order valence-corrected chi connectivity index (χ2v) is 4.03. The van der Waals surface area contributed by atoms with E-state index in [1.54, 1.807) is 6.20 Å². The number of aliphatic hydroxyl groups excluding tert-OH is 1. The van der Waals surface area contributed by atoms with E-state index < -0.39 is 0 Å². The van der Waals surface area contributed by atoms with Gasteiger partial charge in [-0.2, -0.15) is 4.98 Å². The number of fused-ring (bicyclic) bond motifs is 1. The summed E-state index contributed by atoms with van der Waals surface area (Å²) in [5, 5.41) is 8.94. The number of H-pyrrole nitrogens is 1. The minimum Gasteiger partial charge on any atom is -0.396 e. The average Bonchev–Trinajstić information content (AvgIpc) is 2.91. The number of anilines is 1. The molecule has 2 aromatic heterocycles. The van der Waals surface area contributed by atoms with E-state index in [9.17, 15) is 4.79 Å². The van der Waals surface area contributed by atoms with Crippen LogP contribution < -0.4 is 11.3 Å². The molecule has 0 amide bonds. The molecule has 1 saturated carbocycles. The van der Waals surface area contributed by atoms with Crippen molar-refractivity contribution >= 4 is 23.3 Å². The van der Waals surface area contributed by atoms with Crippen molar-refractivity contribution in [2.24, 2.45) is 5.92 Å². The summed E-state index contributed by atoms with van der Waals surface area (Å²) < 4.78 is 1.28. The Balaban J connectivity index is 2.16. The topological polar surface area (TPSA) is 110 Å². The maximum Gasteiger partial charge on any atom is 0.285 e. The molecule has 0 aromatic carbocycles. The molecule has 7 nitrogen and oxygen atoms in total. The Morgan fingerprint density at radius 2 is 2.53 bits per heavy atom. The minimum atomic E-state index is -0.277. The molecule has 0 bridgehead atoms. The SMILES string of the molecule is Nc1nc2nc[nH]c2c(=O)n1/C=C1\CC1CO. The summed E-state index contributed by atoms with van der Waals surface area (Å²) in [6, 6.07) is 0. The van der Waals surface area contributed by atoms with E-state index in [4.69, 9.17) is 10.8 Å². The molecule has 1 unspecified atom stereocenters. The number of aromatic nitrogens is 4. The average molecular weight is 233 g/mol. The van der Waals surface area contributed by atoms with Crippen LogP contribution in [0.1, 0.15) is 6.42 Å². The van der Waals surface area contributed by atoms with Gasteiger partial charge in [-0.3, -0.25) is 9.36 Å². The van der Waals surface area contributed by atoms with E-state index >= 15 is 0 Å². The maximum absolute atomic E-state index is 12.0. The number of nitrogens with one attached hydrogen (secondary N) is 1. The number of rotatable bonds is 2. The van der Waals surface area contributed by atoms with Gasteiger partial charge in [0.15, 0.2) is 11.2 Å². The molecule has 1 fully saturated rings. The van der Waals surface area contributed by atoms with Gasteiger partial charge in [0.1, 0.15) is 0 Å². The molecule has 4 N–H and O–H groups in total. The quantitative estimate of drug-likeness (QED) is 0.651. The lowest BCUT2D eigenvalue weighted by atomic mass is 10.4. The summed E-state index contributed by atoms with van der Waals surface area (Å²) in [5.74, 6) is 0.254. The van der Waals surface area contributed by atoms with Gasteiger partial charge in [-0.1, -0.05) is 0 Å². The van der Waals surface area contributed by atoms with Crippen LogP contribution in [0.4, 0.5) is 5.95 Å². The van der Waals surface area contributed by atoms with Crippen molar-refractivity contribution < 1.29 is 5.11 Å². The van der Waals surface area contributed by atoms with E-state index in [1.807, 2.05) is 0 Å². The fourth-order valence-corrected chi connectivity index (χ4v) is 1.77. The summed E-state index contributed by atoms with van der Waals surface area (Å²) in [6.07, 6.45) is 3.85. The summed E-state index contributed by atoms with van der Waals surface area (Å²) in [7, 11) is 0. The number of hydrogen-bond acceptors (Lipinski definition) is 5. The van der Waals surface area contributed by atoms with Crippen molar-refractivity contribution in [2.75, 3.05) is 12.3 Å². The molecule has 7 heteroatoms. The molecule has 0 radical (unpaired) electrons. The van der Waals surface area contributed by atoms with Crippen LogP contribution in [0.25, 0.3) is 17.4 Å². The predicted octanol–water partition coefficient (Wildman–Crippen LogP) is -0.445. The maximum atomic E-state index is 12.0. The van der Waals surface area contributed by atoms with Gasteiger partial charge in [0.05, 0.1) is 6.33 Å². The molecule has 1 aliphatic carbocycles. The second kappa shape index (κ2) is 3.42. The molecular weight excluding hydrogens is 222 g/mol. The molecule has 3 rings (SSSR count). The Morgan fingerprint density at radius 1 is 1.71 bits per heavy atom. The lowest BCUT2D eigenvalue weighted by molar-refractivity contribution is 0.281. The second-order valence-electron chi connectivity index (χ2n) is 4.03. The Morgan fingerprint density at radius 3 is 3.24 bits per heavy atom. The van der Waals surface area contributed by atoms with Crippen LogP contribution >= 0.6 is 0 Å². The van der Waals surface area contributed by atoms with E-state index in [0.717, 1.165) is 12.0 Å². The van der Waals surface area contributed by atoms with Crippen molar-refractivity contribution in [1.82, 2.24) is 19.5 Å². The van der Waals surface area contributed by atoms with Crippen LogP contribution in [0.5, 0.6) is 0 Å². The normalized spacial score (nSPS) is 21.2. The third-order valence-electron chi connectivity index (χ3n) is 2.88.